The van der Waals surface area contributed by atoms with Crippen LogP contribution in [0, 0.1) is 19.3 Å². The third-order valence-electron chi connectivity index (χ3n) is 7.72. The van der Waals surface area contributed by atoms with Crippen LogP contribution in [0.15, 0.2) is 24.3 Å². The second-order valence-electron chi connectivity index (χ2n) is 10.5. The number of halogens is 1. The van der Waals surface area contributed by atoms with E-state index in [1.165, 1.54) is 0 Å². The van der Waals surface area contributed by atoms with Gasteiger partial charge in [0, 0.05) is 74.4 Å². The van der Waals surface area contributed by atoms with Crippen LogP contribution in [0.5, 0.6) is 5.75 Å². The summed E-state index contributed by atoms with van der Waals surface area (Å²) in [5.41, 5.74) is 2.44. The molecule has 2 fully saturated rings. The van der Waals surface area contributed by atoms with Gasteiger partial charge in [0.2, 0.25) is 11.8 Å². The molecule has 1 atom stereocenters. The highest BCUT2D eigenvalue weighted by Crippen LogP contribution is 2.36. The van der Waals surface area contributed by atoms with Gasteiger partial charge in [-0.3, -0.25) is 14.3 Å². The predicted molar refractivity (Wildman–Crippen MR) is 140 cm³/mol. The highest BCUT2D eigenvalue weighted by molar-refractivity contribution is 6.30. The first-order valence-corrected chi connectivity index (χ1v) is 13.2. The highest BCUT2D eigenvalue weighted by atomic mass is 35.5. The fraction of sp³-hybridized carbons (Fsp3) is 0.593. The first-order chi connectivity index (χ1) is 17.2. The van der Waals surface area contributed by atoms with Crippen molar-refractivity contribution < 1.29 is 14.3 Å². The van der Waals surface area contributed by atoms with E-state index >= 15 is 0 Å². The van der Waals surface area contributed by atoms with Gasteiger partial charge < -0.3 is 19.4 Å². The number of rotatable bonds is 7. The molecule has 0 N–H and O–H groups in total. The van der Waals surface area contributed by atoms with E-state index in [0.717, 1.165) is 56.0 Å². The number of nitrogens with zero attached hydrogens (tertiary/aromatic N) is 5. The number of hydrogen-bond acceptors (Lipinski definition) is 5. The van der Waals surface area contributed by atoms with E-state index in [4.69, 9.17) is 16.3 Å². The van der Waals surface area contributed by atoms with E-state index in [1.807, 2.05) is 53.6 Å². The number of benzene rings is 1. The van der Waals surface area contributed by atoms with Crippen molar-refractivity contribution in [3.63, 3.8) is 0 Å². The Morgan fingerprint density at radius 3 is 2.47 bits per heavy atom. The molecule has 2 aliphatic heterocycles. The SMILES string of the molecule is Cc1nn(C)c(C)c1CC(=O)N1CCC[C@@](COc2cccc(Cl)c2)(CC(=O)N2CCN(C)CC2)C1. The lowest BCUT2D eigenvalue weighted by Gasteiger charge is -2.43. The van der Waals surface area contributed by atoms with Crippen LogP contribution in [0.1, 0.15) is 36.2 Å². The summed E-state index contributed by atoms with van der Waals surface area (Å²) < 4.78 is 8.03. The van der Waals surface area contributed by atoms with E-state index in [9.17, 15) is 9.59 Å². The summed E-state index contributed by atoms with van der Waals surface area (Å²) in [6, 6.07) is 7.33. The Labute approximate surface area is 219 Å². The summed E-state index contributed by atoms with van der Waals surface area (Å²) in [6.45, 7) is 8.74. The average molecular weight is 516 g/mol. The smallest absolute Gasteiger partial charge is 0.227 e. The molecule has 36 heavy (non-hydrogen) atoms. The number of carbonyl (C=O) groups is 2. The third-order valence-corrected chi connectivity index (χ3v) is 7.96. The lowest BCUT2D eigenvalue weighted by Crippen LogP contribution is -2.53. The monoisotopic (exact) mass is 515 g/mol. The summed E-state index contributed by atoms with van der Waals surface area (Å²) in [5.74, 6) is 0.901. The second kappa shape index (κ2) is 11.2. The zero-order valence-electron chi connectivity index (χ0n) is 21.9. The molecular weight excluding hydrogens is 478 g/mol. The molecule has 8 nitrogen and oxygen atoms in total. The van der Waals surface area contributed by atoms with Crippen LogP contribution in [0.2, 0.25) is 5.02 Å². The van der Waals surface area contributed by atoms with Crippen LogP contribution < -0.4 is 4.74 Å². The fourth-order valence-electron chi connectivity index (χ4n) is 5.35. The number of amides is 2. The Bertz CT molecular complexity index is 1100. The van der Waals surface area contributed by atoms with Gasteiger partial charge in [0.05, 0.1) is 18.7 Å². The maximum Gasteiger partial charge on any atom is 0.227 e. The van der Waals surface area contributed by atoms with E-state index < -0.39 is 5.41 Å². The number of likely N-dealkylation sites (tertiary alicyclic amines) is 1. The Morgan fingerprint density at radius 2 is 1.81 bits per heavy atom. The van der Waals surface area contributed by atoms with Gasteiger partial charge in [-0.2, -0.15) is 5.10 Å². The van der Waals surface area contributed by atoms with Crippen molar-refractivity contribution in [2.24, 2.45) is 12.5 Å². The van der Waals surface area contributed by atoms with Crippen LogP contribution in [-0.4, -0.2) is 89.2 Å². The fourth-order valence-corrected chi connectivity index (χ4v) is 5.53. The van der Waals surface area contributed by atoms with Crippen molar-refractivity contribution in [3.05, 3.63) is 46.2 Å². The largest absolute Gasteiger partial charge is 0.493 e. The number of likely N-dealkylation sites (N-methyl/N-ethyl adjacent to an activating group) is 1. The maximum atomic E-state index is 13.4. The molecule has 2 aliphatic rings. The average Bonchev–Trinajstić information content (AvgIpc) is 3.09. The molecule has 0 radical (unpaired) electrons. The normalized spacial score (nSPS) is 21.0. The van der Waals surface area contributed by atoms with Crippen LogP contribution >= 0.6 is 11.6 Å². The summed E-state index contributed by atoms with van der Waals surface area (Å²) >= 11 is 6.16. The summed E-state index contributed by atoms with van der Waals surface area (Å²) in [5, 5.41) is 5.07. The molecule has 3 heterocycles. The molecule has 2 aromatic rings. The van der Waals surface area contributed by atoms with Crippen molar-refractivity contribution in [3.8, 4) is 5.75 Å². The molecule has 0 bridgehead atoms. The van der Waals surface area contributed by atoms with Gasteiger partial charge in [0.1, 0.15) is 5.75 Å². The molecule has 9 heteroatoms. The van der Waals surface area contributed by atoms with Crippen molar-refractivity contribution >= 4 is 23.4 Å². The first kappa shape index (κ1) is 26.5. The number of piperazine rings is 1. The molecule has 2 amide bonds. The zero-order valence-corrected chi connectivity index (χ0v) is 22.7. The minimum Gasteiger partial charge on any atom is -0.493 e. The number of aryl methyl sites for hydroxylation is 2. The summed E-state index contributed by atoms with van der Waals surface area (Å²) in [6.07, 6.45) is 2.36. The van der Waals surface area contributed by atoms with Crippen molar-refractivity contribution in [2.45, 2.75) is 39.5 Å². The Kier molecular flexibility index (Phi) is 8.25. The molecule has 1 aromatic carbocycles. The molecule has 4 rings (SSSR count). The molecular formula is C27H38ClN5O3. The van der Waals surface area contributed by atoms with Crippen molar-refractivity contribution in [2.75, 3.05) is 52.9 Å². The third kappa shape index (κ3) is 6.21. The van der Waals surface area contributed by atoms with Gasteiger partial charge in [0.25, 0.3) is 0 Å². The van der Waals surface area contributed by atoms with Crippen molar-refractivity contribution in [1.82, 2.24) is 24.5 Å². The van der Waals surface area contributed by atoms with Gasteiger partial charge in [-0.05, 0) is 51.9 Å². The second-order valence-corrected chi connectivity index (χ2v) is 10.9. The van der Waals surface area contributed by atoms with Gasteiger partial charge in [-0.1, -0.05) is 17.7 Å². The first-order valence-electron chi connectivity index (χ1n) is 12.8. The molecule has 0 unspecified atom stereocenters. The van der Waals surface area contributed by atoms with Crippen LogP contribution in [-0.2, 0) is 23.1 Å². The molecule has 196 valence electrons. The van der Waals surface area contributed by atoms with E-state index in [1.54, 1.807) is 6.07 Å². The highest BCUT2D eigenvalue weighted by Gasteiger charge is 2.41. The predicted octanol–water partition coefficient (Wildman–Crippen LogP) is 3.08. The van der Waals surface area contributed by atoms with E-state index in [0.29, 0.717) is 43.3 Å². The van der Waals surface area contributed by atoms with E-state index in [-0.39, 0.29) is 11.8 Å². The standard InChI is InChI=1S/C27H38ClN5O3/c1-20-24(21(2)31(4)29-20)16-25(34)33-10-6-9-27(18-33,19-36-23-8-5-7-22(28)15-23)17-26(35)32-13-11-30(3)12-14-32/h5,7-8,15H,6,9-14,16-19H2,1-4H3/t27-/m1/s1. The van der Waals surface area contributed by atoms with Gasteiger partial charge in [-0.15, -0.1) is 0 Å². The number of piperidine rings is 1. The molecule has 0 saturated carbocycles. The number of ether oxygens (including phenoxy) is 1. The molecule has 0 aliphatic carbocycles. The quantitative estimate of drug-likeness (QED) is 0.566. The lowest BCUT2D eigenvalue weighted by atomic mass is 9.77. The van der Waals surface area contributed by atoms with Crippen LogP contribution in [0.3, 0.4) is 0 Å². The topological polar surface area (TPSA) is 70.9 Å². The lowest BCUT2D eigenvalue weighted by molar-refractivity contribution is -0.142. The molecule has 0 spiro atoms. The number of aromatic nitrogens is 2. The molecule has 1 aromatic heterocycles. The van der Waals surface area contributed by atoms with Gasteiger partial charge >= 0.3 is 0 Å². The Balaban J connectivity index is 1.51. The summed E-state index contributed by atoms with van der Waals surface area (Å²) in [7, 11) is 3.98. The van der Waals surface area contributed by atoms with Crippen molar-refractivity contribution in [1.29, 1.82) is 0 Å². The van der Waals surface area contributed by atoms with Gasteiger partial charge in [0.15, 0.2) is 0 Å². The van der Waals surface area contributed by atoms with Crippen LogP contribution in [0.4, 0.5) is 0 Å². The maximum absolute atomic E-state index is 13.4. The minimum absolute atomic E-state index is 0.0769. The van der Waals surface area contributed by atoms with Gasteiger partial charge in [-0.25, -0.2) is 0 Å². The zero-order chi connectivity index (χ0) is 25.9. The Morgan fingerprint density at radius 1 is 1.06 bits per heavy atom. The number of carbonyl (C=O) groups excluding carboxylic acids is 2. The molecule has 2 saturated heterocycles. The van der Waals surface area contributed by atoms with Crippen LogP contribution in [0.25, 0.3) is 0 Å². The summed E-state index contributed by atoms with van der Waals surface area (Å²) in [4.78, 5) is 33.0. The number of hydrogen-bond donors (Lipinski definition) is 0. The van der Waals surface area contributed by atoms with E-state index in [2.05, 4.69) is 17.0 Å². The Hall–Kier alpha value is -2.58. The minimum atomic E-state index is -0.449.